The lowest BCUT2D eigenvalue weighted by Gasteiger charge is -2.38. The van der Waals surface area contributed by atoms with Crippen LogP contribution < -0.4 is 4.74 Å². The van der Waals surface area contributed by atoms with E-state index in [9.17, 15) is 9.90 Å². The summed E-state index contributed by atoms with van der Waals surface area (Å²) in [6.45, 7) is 3.50. The fraction of sp³-hybridized carbons (Fsp3) is 0.438. The Labute approximate surface area is 134 Å². The summed E-state index contributed by atoms with van der Waals surface area (Å²) >= 11 is 1.49. The summed E-state index contributed by atoms with van der Waals surface area (Å²) < 4.78 is 5.76. The van der Waals surface area contributed by atoms with E-state index in [2.05, 4.69) is 0 Å². The molecule has 0 atom stereocenters. The van der Waals surface area contributed by atoms with E-state index in [1.54, 1.807) is 13.0 Å². The number of ether oxygens (including phenoxy) is 1. The summed E-state index contributed by atoms with van der Waals surface area (Å²) in [6, 6.07) is 5.59. The predicted octanol–water partition coefficient (Wildman–Crippen LogP) is 3.53. The molecule has 0 unspecified atom stereocenters. The van der Waals surface area contributed by atoms with Crippen LogP contribution in [-0.2, 0) is 4.79 Å². The molecule has 6 heteroatoms. The van der Waals surface area contributed by atoms with E-state index in [1.165, 1.54) is 11.8 Å². The van der Waals surface area contributed by atoms with Gasteiger partial charge in [0.15, 0.2) is 0 Å². The second-order valence-corrected chi connectivity index (χ2v) is 6.62. The van der Waals surface area contributed by atoms with Crippen molar-refractivity contribution in [2.75, 3.05) is 5.75 Å². The van der Waals surface area contributed by atoms with Crippen molar-refractivity contribution >= 4 is 29.2 Å². The molecular formula is C16H20N2O3S. The third kappa shape index (κ3) is 3.50. The number of carboxylic acids is 1. The van der Waals surface area contributed by atoms with Crippen LogP contribution in [0.2, 0.25) is 0 Å². The minimum absolute atomic E-state index is 0.276. The van der Waals surface area contributed by atoms with Crippen LogP contribution in [0.5, 0.6) is 5.75 Å². The Morgan fingerprint density at radius 3 is 2.55 bits per heavy atom. The van der Waals surface area contributed by atoms with Crippen molar-refractivity contribution in [1.82, 2.24) is 0 Å². The first-order valence-corrected chi connectivity index (χ1v) is 8.11. The van der Waals surface area contributed by atoms with E-state index in [4.69, 9.17) is 15.6 Å². The van der Waals surface area contributed by atoms with Crippen LogP contribution in [-0.4, -0.2) is 33.9 Å². The summed E-state index contributed by atoms with van der Waals surface area (Å²) in [7, 11) is 0. The molecule has 0 heterocycles. The van der Waals surface area contributed by atoms with Crippen molar-refractivity contribution in [3.63, 3.8) is 0 Å². The highest BCUT2D eigenvalue weighted by Gasteiger charge is 2.47. The van der Waals surface area contributed by atoms with Crippen molar-refractivity contribution in [2.45, 2.75) is 43.6 Å². The number of aliphatic carboxylic acids is 1. The summed E-state index contributed by atoms with van der Waals surface area (Å²) in [5.41, 5.74) is 0.411. The van der Waals surface area contributed by atoms with Gasteiger partial charge in [-0.15, -0.1) is 11.8 Å². The average molecular weight is 320 g/mol. The maximum atomic E-state index is 11.4. The quantitative estimate of drug-likeness (QED) is 0.529. The van der Waals surface area contributed by atoms with Gasteiger partial charge in [0.25, 0.3) is 0 Å². The molecule has 0 saturated heterocycles. The zero-order valence-corrected chi connectivity index (χ0v) is 13.5. The number of hydrogen-bond acceptors (Lipinski definition) is 5. The van der Waals surface area contributed by atoms with Gasteiger partial charge in [0, 0.05) is 16.4 Å². The fourth-order valence-electron chi connectivity index (χ4n) is 2.16. The minimum atomic E-state index is -1.06. The molecule has 0 radical (unpaired) electrons. The Morgan fingerprint density at radius 1 is 1.41 bits per heavy atom. The van der Waals surface area contributed by atoms with Crippen LogP contribution in [0.1, 0.15) is 31.7 Å². The molecule has 0 bridgehead atoms. The number of aryl methyl sites for hydroxylation is 1. The topological polar surface area (TPSA) is 94.2 Å². The average Bonchev–Trinajstić information content (AvgIpc) is 2.41. The van der Waals surface area contributed by atoms with Gasteiger partial charge in [0.1, 0.15) is 5.75 Å². The van der Waals surface area contributed by atoms with Gasteiger partial charge in [-0.25, -0.2) is 4.79 Å². The highest BCUT2D eigenvalue weighted by atomic mass is 32.2. The first-order chi connectivity index (χ1) is 10.3. The van der Waals surface area contributed by atoms with Gasteiger partial charge in [-0.2, -0.15) is 0 Å². The van der Waals surface area contributed by atoms with E-state index in [-0.39, 0.29) is 5.71 Å². The summed E-state index contributed by atoms with van der Waals surface area (Å²) in [4.78, 5) is 12.3. The molecule has 118 valence electrons. The Balaban J connectivity index is 2.05. The van der Waals surface area contributed by atoms with Gasteiger partial charge >= 0.3 is 5.97 Å². The zero-order valence-electron chi connectivity index (χ0n) is 12.7. The Hall–Kier alpha value is -1.82. The Bertz CT molecular complexity index is 624. The van der Waals surface area contributed by atoms with Crippen molar-refractivity contribution in [1.29, 1.82) is 10.8 Å². The molecule has 1 aliphatic rings. The van der Waals surface area contributed by atoms with Crippen LogP contribution in [0.25, 0.3) is 0 Å². The second kappa shape index (κ2) is 6.52. The Morgan fingerprint density at radius 2 is 2.09 bits per heavy atom. The minimum Gasteiger partial charge on any atom is -0.478 e. The van der Waals surface area contributed by atoms with E-state index in [0.717, 1.165) is 16.9 Å². The van der Waals surface area contributed by atoms with Crippen molar-refractivity contribution < 1.29 is 14.6 Å². The van der Waals surface area contributed by atoms with E-state index >= 15 is 0 Å². The molecule has 1 saturated carbocycles. The summed E-state index contributed by atoms with van der Waals surface area (Å²) in [5, 5.41) is 24.4. The first-order valence-electron chi connectivity index (χ1n) is 7.13. The molecule has 5 nitrogen and oxygen atoms in total. The molecule has 1 aromatic rings. The number of carbonyl (C=O) groups is 1. The molecule has 0 amide bonds. The summed E-state index contributed by atoms with van der Waals surface area (Å²) in [5.74, 6) is 0.157. The lowest BCUT2D eigenvalue weighted by atomic mass is 9.80. The van der Waals surface area contributed by atoms with Crippen LogP contribution in [0.15, 0.2) is 23.1 Å². The maximum Gasteiger partial charge on any atom is 0.348 e. The van der Waals surface area contributed by atoms with Crippen molar-refractivity contribution in [3.05, 3.63) is 23.8 Å². The van der Waals surface area contributed by atoms with Crippen LogP contribution >= 0.6 is 11.8 Å². The number of benzene rings is 1. The van der Waals surface area contributed by atoms with Gasteiger partial charge < -0.3 is 20.7 Å². The van der Waals surface area contributed by atoms with Crippen LogP contribution in [0.3, 0.4) is 0 Å². The SMILES string of the molecule is CC(=N)C(=N)CSc1ccc(OC2(C(=O)O)CCC2)c(C)c1. The lowest BCUT2D eigenvalue weighted by molar-refractivity contribution is -0.163. The molecule has 1 aromatic carbocycles. The predicted molar refractivity (Wildman–Crippen MR) is 87.9 cm³/mol. The molecular weight excluding hydrogens is 300 g/mol. The van der Waals surface area contributed by atoms with Crippen LogP contribution in [0, 0.1) is 17.7 Å². The van der Waals surface area contributed by atoms with Crippen molar-refractivity contribution in [2.24, 2.45) is 0 Å². The van der Waals surface area contributed by atoms with E-state index in [1.807, 2.05) is 19.1 Å². The van der Waals surface area contributed by atoms with Crippen molar-refractivity contribution in [3.8, 4) is 5.75 Å². The van der Waals surface area contributed by atoms with Gasteiger partial charge in [-0.3, -0.25) is 0 Å². The molecule has 0 spiro atoms. The molecule has 0 aromatic heterocycles. The smallest absolute Gasteiger partial charge is 0.348 e. The molecule has 3 N–H and O–H groups in total. The molecule has 1 fully saturated rings. The second-order valence-electron chi connectivity index (χ2n) is 5.57. The number of nitrogens with one attached hydrogen (secondary N) is 2. The molecule has 1 aliphatic carbocycles. The molecule has 0 aliphatic heterocycles. The van der Waals surface area contributed by atoms with Gasteiger partial charge in [-0.05, 0) is 56.9 Å². The maximum absolute atomic E-state index is 11.4. The lowest BCUT2D eigenvalue weighted by Crippen LogP contribution is -2.50. The number of thioether (sulfide) groups is 1. The highest BCUT2D eigenvalue weighted by Crippen LogP contribution is 2.38. The van der Waals surface area contributed by atoms with E-state index in [0.29, 0.717) is 30.1 Å². The number of rotatable bonds is 7. The molecule has 2 rings (SSSR count). The Kier molecular flexibility index (Phi) is 4.90. The highest BCUT2D eigenvalue weighted by molar-refractivity contribution is 8.00. The monoisotopic (exact) mass is 320 g/mol. The normalized spacial score (nSPS) is 15.7. The standard InChI is InChI=1S/C16H20N2O3S/c1-10-8-12(22-9-13(18)11(2)17)4-5-14(10)21-16(15(19)20)6-3-7-16/h4-5,8,17-18H,3,6-7,9H2,1-2H3,(H,19,20). The number of hydrogen-bond donors (Lipinski definition) is 3. The molecule has 22 heavy (non-hydrogen) atoms. The van der Waals surface area contributed by atoms with Gasteiger partial charge in [-0.1, -0.05) is 0 Å². The summed E-state index contributed by atoms with van der Waals surface area (Å²) in [6.07, 6.45) is 1.98. The van der Waals surface area contributed by atoms with Gasteiger partial charge in [0.05, 0.1) is 5.71 Å². The van der Waals surface area contributed by atoms with E-state index < -0.39 is 11.6 Å². The first kappa shape index (κ1) is 16.5. The number of carboxylic acid groups (broad SMARTS) is 1. The zero-order chi connectivity index (χ0) is 16.3. The largest absolute Gasteiger partial charge is 0.478 e. The third-order valence-corrected chi connectivity index (χ3v) is 4.86. The fourth-order valence-corrected chi connectivity index (χ4v) is 3.11. The van der Waals surface area contributed by atoms with Gasteiger partial charge in [0.2, 0.25) is 5.60 Å². The van der Waals surface area contributed by atoms with Crippen LogP contribution in [0.4, 0.5) is 0 Å². The third-order valence-electron chi connectivity index (χ3n) is 3.84.